The van der Waals surface area contributed by atoms with Gasteiger partial charge in [0.25, 0.3) is 5.91 Å². The molecule has 0 aromatic heterocycles. The lowest BCUT2D eigenvalue weighted by atomic mass is 9.90. The molecule has 0 aliphatic heterocycles. The fourth-order valence-electron chi connectivity index (χ4n) is 2.70. The topological polar surface area (TPSA) is 46.3 Å². The van der Waals surface area contributed by atoms with Gasteiger partial charge in [0.05, 0.1) is 0 Å². The van der Waals surface area contributed by atoms with Crippen LogP contribution in [0.2, 0.25) is 0 Å². The molecule has 1 aromatic rings. The molecule has 104 valence electrons. The highest BCUT2D eigenvalue weighted by atomic mass is 19.1. The van der Waals surface area contributed by atoms with E-state index in [1.807, 2.05) is 0 Å². The van der Waals surface area contributed by atoms with Gasteiger partial charge in [-0.3, -0.25) is 4.79 Å². The standard InChI is InChI=1S/C15H21FN2O/c1-10-7-8-11(9-12(10)16)15(19)18(2)14-6-4-3-5-13(14)17/h7-9,13-14H,3-6,17H2,1-2H3. The molecule has 1 saturated carbocycles. The number of hydrogen-bond donors (Lipinski definition) is 1. The number of benzene rings is 1. The number of nitrogens with two attached hydrogens (primary N) is 1. The monoisotopic (exact) mass is 264 g/mol. The van der Waals surface area contributed by atoms with Crippen LogP contribution in [0.4, 0.5) is 4.39 Å². The van der Waals surface area contributed by atoms with Gasteiger partial charge in [-0.2, -0.15) is 0 Å². The van der Waals surface area contributed by atoms with Crippen LogP contribution in [0.1, 0.15) is 41.6 Å². The second-order valence-corrected chi connectivity index (χ2v) is 5.40. The molecule has 19 heavy (non-hydrogen) atoms. The van der Waals surface area contributed by atoms with E-state index in [0.29, 0.717) is 11.1 Å². The van der Waals surface area contributed by atoms with Gasteiger partial charge in [0.15, 0.2) is 0 Å². The molecule has 1 aromatic carbocycles. The van der Waals surface area contributed by atoms with E-state index in [4.69, 9.17) is 5.73 Å². The molecule has 2 rings (SSSR count). The number of aryl methyl sites for hydroxylation is 1. The Kier molecular flexibility index (Phi) is 4.20. The number of amides is 1. The van der Waals surface area contributed by atoms with Crippen molar-refractivity contribution in [1.29, 1.82) is 0 Å². The summed E-state index contributed by atoms with van der Waals surface area (Å²) >= 11 is 0. The Morgan fingerprint density at radius 2 is 2.05 bits per heavy atom. The molecular formula is C15H21FN2O. The molecule has 3 nitrogen and oxygen atoms in total. The number of nitrogens with zero attached hydrogens (tertiary/aromatic N) is 1. The number of hydrogen-bond acceptors (Lipinski definition) is 2. The van der Waals surface area contributed by atoms with Crippen LogP contribution >= 0.6 is 0 Å². The van der Waals surface area contributed by atoms with Gasteiger partial charge in [0.2, 0.25) is 0 Å². The van der Waals surface area contributed by atoms with E-state index in [0.717, 1.165) is 25.7 Å². The van der Waals surface area contributed by atoms with Gasteiger partial charge in [-0.25, -0.2) is 4.39 Å². The van der Waals surface area contributed by atoms with Crippen molar-refractivity contribution >= 4 is 5.91 Å². The van der Waals surface area contributed by atoms with Gasteiger partial charge in [-0.05, 0) is 37.5 Å². The Hall–Kier alpha value is -1.42. The zero-order valence-electron chi connectivity index (χ0n) is 11.5. The third kappa shape index (κ3) is 2.95. The van der Waals surface area contributed by atoms with Crippen LogP contribution < -0.4 is 5.73 Å². The number of rotatable bonds is 2. The second-order valence-electron chi connectivity index (χ2n) is 5.40. The molecule has 0 bridgehead atoms. The lowest BCUT2D eigenvalue weighted by Gasteiger charge is -2.36. The van der Waals surface area contributed by atoms with Crippen molar-refractivity contribution < 1.29 is 9.18 Å². The van der Waals surface area contributed by atoms with Crippen molar-refractivity contribution in [3.05, 3.63) is 35.1 Å². The predicted molar refractivity (Wildman–Crippen MR) is 73.5 cm³/mol. The van der Waals surface area contributed by atoms with E-state index in [9.17, 15) is 9.18 Å². The SMILES string of the molecule is Cc1ccc(C(=O)N(C)C2CCCCC2N)cc1F. The highest BCUT2D eigenvalue weighted by Gasteiger charge is 2.28. The van der Waals surface area contributed by atoms with E-state index >= 15 is 0 Å². The zero-order valence-corrected chi connectivity index (χ0v) is 11.5. The van der Waals surface area contributed by atoms with E-state index in [1.165, 1.54) is 6.07 Å². The fraction of sp³-hybridized carbons (Fsp3) is 0.533. The third-order valence-corrected chi connectivity index (χ3v) is 4.02. The molecule has 1 aliphatic rings. The van der Waals surface area contributed by atoms with Crippen LogP contribution in [-0.4, -0.2) is 29.9 Å². The number of likely N-dealkylation sites (N-methyl/N-ethyl adjacent to an activating group) is 1. The third-order valence-electron chi connectivity index (χ3n) is 4.02. The fourth-order valence-corrected chi connectivity index (χ4v) is 2.70. The van der Waals surface area contributed by atoms with Crippen LogP contribution in [0.15, 0.2) is 18.2 Å². The first-order valence-electron chi connectivity index (χ1n) is 6.79. The van der Waals surface area contributed by atoms with Gasteiger partial charge in [-0.15, -0.1) is 0 Å². The van der Waals surface area contributed by atoms with Crippen LogP contribution in [0.5, 0.6) is 0 Å². The summed E-state index contributed by atoms with van der Waals surface area (Å²) in [7, 11) is 1.76. The zero-order chi connectivity index (χ0) is 14.0. The average Bonchev–Trinajstić information content (AvgIpc) is 2.41. The Morgan fingerprint density at radius 3 is 2.68 bits per heavy atom. The van der Waals surface area contributed by atoms with E-state index in [-0.39, 0.29) is 23.8 Å². The number of carbonyl (C=O) groups is 1. The predicted octanol–water partition coefficient (Wildman–Crippen LogP) is 2.48. The maximum Gasteiger partial charge on any atom is 0.254 e. The first kappa shape index (κ1) is 14.0. The molecule has 1 fully saturated rings. The van der Waals surface area contributed by atoms with Gasteiger partial charge in [-0.1, -0.05) is 18.9 Å². The molecule has 0 saturated heterocycles. The van der Waals surface area contributed by atoms with Crippen LogP contribution in [0, 0.1) is 12.7 Å². The quantitative estimate of drug-likeness (QED) is 0.892. The normalized spacial score (nSPS) is 23.2. The summed E-state index contributed by atoms with van der Waals surface area (Å²) < 4.78 is 13.5. The summed E-state index contributed by atoms with van der Waals surface area (Å²) in [5.41, 5.74) is 7.02. The van der Waals surface area contributed by atoms with Gasteiger partial charge in [0.1, 0.15) is 5.82 Å². The Morgan fingerprint density at radius 1 is 1.37 bits per heavy atom. The summed E-state index contributed by atoms with van der Waals surface area (Å²) in [4.78, 5) is 14.0. The van der Waals surface area contributed by atoms with Crippen LogP contribution in [-0.2, 0) is 0 Å². The molecule has 1 amide bonds. The highest BCUT2D eigenvalue weighted by molar-refractivity contribution is 5.94. The minimum atomic E-state index is -0.341. The minimum absolute atomic E-state index is 0.0259. The summed E-state index contributed by atoms with van der Waals surface area (Å²) in [5.74, 6) is -0.492. The van der Waals surface area contributed by atoms with E-state index < -0.39 is 0 Å². The van der Waals surface area contributed by atoms with Crippen LogP contribution in [0.25, 0.3) is 0 Å². The smallest absolute Gasteiger partial charge is 0.254 e. The summed E-state index contributed by atoms with van der Waals surface area (Å²) in [6.45, 7) is 1.68. The van der Waals surface area contributed by atoms with Crippen molar-refractivity contribution in [3.63, 3.8) is 0 Å². The lowest BCUT2D eigenvalue weighted by molar-refractivity contribution is 0.0671. The largest absolute Gasteiger partial charge is 0.337 e. The molecular weight excluding hydrogens is 243 g/mol. The van der Waals surface area contributed by atoms with Gasteiger partial charge < -0.3 is 10.6 Å². The number of carbonyl (C=O) groups excluding carboxylic acids is 1. The molecule has 2 unspecified atom stereocenters. The molecule has 4 heteroatoms. The van der Waals surface area contributed by atoms with E-state index in [2.05, 4.69) is 0 Å². The van der Waals surface area contributed by atoms with E-state index in [1.54, 1.807) is 31.0 Å². The highest BCUT2D eigenvalue weighted by Crippen LogP contribution is 2.22. The Balaban J connectivity index is 2.15. The maximum atomic E-state index is 13.5. The molecule has 2 atom stereocenters. The first-order valence-corrected chi connectivity index (χ1v) is 6.79. The summed E-state index contributed by atoms with van der Waals surface area (Å²) in [6, 6.07) is 4.70. The molecule has 0 radical (unpaired) electrons. The lowest BCUT2D eigenvalue weighted by Crippen LogP contribution is -2.50. The van der Waals surface area contributed by atoms with Gasteiger partial charge in [0, 0.05) is 24.7 Å². The minimum Gasteiger partial charge on any atom is -0.337 e. The molecule has 0 heterocycles. The summed E-state index contributed by atoms with van der Waals surface area (Å²) in [6.07, 6.45) is 4.10. The van der Waals surface area contributed by atoms with Crippen molar-refractivity contribution in [2.75, 3.05) is 7.05 Å². The molecule has 2 N–H and O–H groups in total. The van der Waals surface area contributed by atoms with Crippen LogP contribution in [0.3, 0.4) is 0 Å². The average molecular weight is 264 g/mol. The van der Waals surface area contributed by atoms with Gasteiger partial charge >= 0.3 is 0 Å². The summed E-state index contributed by atoms with van der Waals surface area (Å²) in [5, 5.41) is 0. The molecule has 1 aliphatic carbocycles. The van der Waals surface area contributed by atoms with Crippen molar-refractivity contribution in [1.82, 2.24) is 4.90 Å². The van der Waals surface area contributed by atoms with Crippen molar-refractivity contribution in [3.8, 4) is 0 Å². The second kappa shape index (κ2) is 5.70. The van der Waals surface area contributed by atoms with Crippen molar-refractivity contribution in [2.24, 2.45) is 5.73 Å². The number of halogens is 1. The molecule has 0 spiro atoms. The van der Waals surface area contributed by atoms with Crippen molar-refractivity contribution in [2.45, 2.75) is 44.7 Å². The maximum absolute atomic E-state index is 13.5. The first-order chi connectivity index (χ1) is 9.00. The Bertz CT molecular complexity index is 475. The Labute approximate surface area is 113 Å².